The first-order valence-electron chi connectivity index (χ1n) is 10.4. The summed E-state index contributed by atoms with van der Waals surface area (Å²) in [7, 11) is 0. The van der Waals surface area contributed by atoms with Crippen molar-refractivity contribution in [2.24, 2.45) is 0 Å². The van der Waals surface area contributed by atoms with Crippen LogP contribution >= 0.6 is 0 Å². The molecule has 1 aromatic carbocycles. The van der Waals surface area contributed by atoms with Gasteiger partial charge in [0, 0.05) is 30.7 Å². The molecular formula is C22H27FN6O3. The van der Waals surface area contributed by atoms with Gasteiger partial charge in [-0.05, 0) is 44.5 Å². The van der Waals surface area contributed by atoms with Gasteiger partial charge in [0.2, 0.25) is 0 Å². The van der Waals surface area contributed by atoms with E-state index in [2.05, 4.69) is 20.3 Å². The Kier molecular flexibility index (Phi) is 5.98. The summed E-state index contributed by atoms with van der Waals surface area (Å²) in [5.74, 6) is -0.513. The number of nitrogens with two attached hydrogens (primary N) is 1. The Labute approximate surface area is 185 Å². The first-order valence-corrected chi connectivity index (χ1v) is 10.4. The Morgan fingerprint density at radius 3 is 2.72 bits per heavy atom. The van der Waals surface area contributed by atoms with Crippen LogP contribution in [0.15, 0.2) is 30.6 Å². The quantitative estimate of drug-likeness (QED) is 0.640. The van der Waals surface area contributed by atoms with Crippen LogP contribution in [0, 0.1) is 5.82 Å². The Hall–Kier alpha value is -3.24. The average Bonchev–Trinajstić information content (AvgIpc) is 3.09. The lowest BCUT2D eigenvalue weighted by Gasteiger charge is -2.26. The first kappa shape index (κ1) is 22.0. The molecule has 0 saturated carbocycles. The number of aromatic nitrogens is 3. The summed E-state index contributed by atoms with van der Waals surface area (Å²) in [6.07, 6.45) is 0.684. The second-order valence-corrected chi connectivity index (χ2v) is 8.75. The van der Waals surface area contributed by atoms with Crippen molar-refractivity contribution in [2.45, 2.75) is 32.9 Å². The maximum absolute atomic E-state index is 14.8. The minimum Gasteiger partial charge on any atom is -0.407 e. The molecule has 170 valence electrons. The Morgan fingerprint density at radius 2 is 2.03 bits per heavy atom. The van der Waals surface area contributed by atoms with E-state index < -0.39 is 17.4 Å². The minimum atomic E-state index is -0.719. The van der Waals surface area contributed by atoms with Gasteiger partial charge >= 0.3 is 6.09 Å². The number of fused-ring (bicyclic) bond motifs is 1. The molecule has 0 spiro atoms. The molecule has 1 fully saturated rings. The third-order valence-corrected chi connectivity index (χ3v) is 5.07. The molecule has 0 unspecified atom stereocenters. The lowest BCUT2D eigenvalue weighted by atomic mass is 10.1. The van der Waals surface area contributed by atoms with Gasteiger partial charge in [-0.15, -0.1) is 0 Å². The van der Waals surface area contributed by atoms with Crippen LogP contribution in [0.5, 0.6) is 5.75 Å². The number of benzene rings is 1. The number of ether oxygens (including phenoxy) is 2. The molecule has 0 atom stereocenters. The first-order chi connectivity index (χ1) is 15.2. The maximum Gasteiger partial charge on any atom is 0.413 e. The van der Waals surface area contributed by atoms with Gasteiger partial charge in [-0.3, -0.25) is 4.90 Å². The molecule has 10 heteroatoms. The zero-order valence-electron chi connectivity index (χ0n) is 18.4. The van der Waals surface area contributed by atoms with E-state index in [1.54, 1.807) is 10.6 Å². The lowest BCUT2D eigenvalue weighted by molar-refractivity contribution is 0.0334. The standard InChI is InChI=1S/C22H27FN6O3/c1-22(2,3)27-21(30)32-18-5-4-14(10-17(18)23)16-11-15(12-28-6-8-31-9-7-28)29-19(16)20(24)25-13-26-29/h4-5,10-11,13H,6-9,12H2,1-3H3,(H,27,30)(H2,24,25,26). The van der Waals surface area contributed by atoms with Crippen LogP contribution in [0.25, 0.3) is 16.6 Å². The summed E-state index contributed by atoms with van der Waals surface area (Å²) in [6, 6.07) is 6.37. The van der Waals surface area contributed by atoms with E-state index in [0.29, 0.717) is 42.2 Å². The van der Waals surface area contributed by atoms with E-state index in [0.717, 1.165) is 18.8 Å². The van der Waals surface area contributed by atoms with Gasteiger partial charge in [0.1, 0.15) is 11.8 Å². The molecule has 1 aliphatic rings. The van der Waals surface area contributed by atoms with Crippen molar-refractivity contribution >= 4 is 17.4 Å². The van der Waals surface area contributed by atoms with Crippen LogP contribution in [-0.2, 0) is 11.3 Å². The number of nitrogens with zero attached hydrogens (tertiary/aromatic N) is 4. The van der Waals surface area contributed by atoms with E-state index in [1.165, 1.54) is 18.5 Å². The van der Waals surface area contributed by atoms with Crippen LogP contribution in [-0.4, -0.2) is 57.4 Å². The Bertz CT molecular complexity index is 1130. The fourth-order valence-corrected chi connectivity index (χ4v) is 3.64. The molecule has 3 heterocycles. The smallest absolute Gasteiger partial charge is 0.407 e. The third kappa shape index (κ3) is 4.81. The highest BCUT2D eigenvalue weighted by Crippen LogP contribution is 2.33. The number of anilines is 1. The Balaban J connectivity index is 1.65. The van der Waals surface area contributed by atoms with Gasteiger partial charge in [0.05, 0.1) is 18.9 Å². The fourth-order valence-electron chi connectivity index (χ4n) is 3.64. The number of hydrogen-bond donors (Lipinski definition) is 2. The number of hydrogen-bond acceptors (Lipinski definition) is 7. The highest BCUT2D eigenvalue weighted by atomic mass is 19.1. The molecule has 3 N–H and O–H groups in total. The topological polar surface area (TPSA) is 107 Å². The van der Waals surface area contributed by atoms with Crippen molar-refractivity contribution in [1.29, 1.82) is 0 Å². The van der Waals surface area contributed by atoms with Crippen LogP contribution in [0.3, 0.4) is 0 Å². The molecule has 9 nitrogen and oxygen atoms in total. The van der Waals surface area contributed by atoms with Crippen molar-refractivity contribution < 1.29 is 18.7 Å². The van der Waals surface area contributed by atoms with E-state index in [4.69, 9.17) is 15.2 Å². The number of morpholine rings is 1. The van der Waals surface area contributed by atoms with Gasteiger partial charge in [0.25, 0.3) is 0 Å². The second-order valence-electron chi connectivity index (χ2n) is 8.75. The zero-order chi connectivity index (χ0) is 22.9. The van der Waals surface area contributed by atoms with Crippen molar-refractivity contribution in [1.82, 2.24) is 24.8 Å². The molecule has 32 heavy (non-hydrogen) atoms. The van der Waals surface area contributed by atoms with Gasteiger partial charge in [0.15, 0.2) is 17.4 Å². The molecule has 3 aromatic rings. The molecule has 0 radical (unpaired) electrons. The summed E-state index contributed by atoms with van der Waals surface area (Å²) in [4.78, 5) is 18.4. The summed E-state index contributed by atoms with van der Waals surface area (Å²) >= 11 is 0. The molecule has 4 rings (SSSR count). The molecule has 0 bridgehead atoms. The average molecular weight is 442 g/mol. The second kappa shape index (κ2) is 8.71. The van der Waals surface area contributed by atoms with E-state index in [9.17, 15) is 9.18 Å². The Morgan fingerprint density at radius 1 is 1.28 bits per heavy atom. The number of carbonyl (C=O) groups excluding carboxylic acids is 1. The zero-order valence-corrected chi connectivity index (χ0v) is 18.4. The maximum atomic E-state index is 14.8. The summed E-state index contributed by atoms with van der Waals surface area (Å²) in [5, 5.41) is 7.00. The third-order valence-electron chi connectivity index (χ3n) is 5.07. The van der Waals surface area contributed by atoms with Crippen molar-refractivity contribution in [3.63, 3.8) is 0 Å². The van der Waals surface area contributed by atoms with Crippen molar-refractivity contribution in [3.05, 3.63) is 42.1 Å². The number of nitrogen functional groups attached to an aromatic ring is 1. The monoisotopic (exact) mass is 442 g/mol. The number of amides is 1. The predicted molar refractivity (Wildman–Crippen MR) is 118 cm³/mol. The normalized spacial score (nSPS) is 15.1. The minimum absolute atomic E-state index is 0.156. The van der Waals surface area contributed by atoms with Crippen molar-refractivity contribution in [3.8, 4) is 16.9 Å². The van der Waals surface area contributed by atoms with Crippen LogP contribution < -0.4 is 15.8 Å². The molecule has 2 aromatic heterocycles. The largest absolute Gasteiger partial charge is 0.413 e. The highest BCUT2D eigenvalue weighted by Gasteiger charge is 2.21. The lowest BCUT2D eigenvalue weighted by Crippen LogP contribution is -2.42. The molecular weight excluding hydrogens is 415 g/mol. The highest BCUT2D eigenvalue weighted by molar-refractivity contribution is 5.88. The van der Waals surface area contributed by atoms with E-state index >= 15 is 0 Å². The fraction of sp³-hybridized carbons (Fsp3) is 0.409. The number of halogens is 1. The van der Waals surface area contributed by atoms with Gasteiger partial charge < -0.3 is 20.5 Å². The summed E-state index contributed by atoms with van der Waals surface area (Å²) in [6.45, 7) is 9.09. The molecule has 1 saturated heterocycles. The van der Waals surface area contributed by atoms with Crippen LogP contribution in [0.1, 0.15) is 26.5 Å². The number of nitrogens with one attached hydrogen (secondary N) is 1. The van der Waals surface area contributed by atoms with Crippen LogP contribution in [0.2, 0.25) is 0 Å². The predicted octanol–water partition coefficient (Wildman–Crippen LogP) is 2.84. The van der Waals surface area contributed by atoms with E-state index in [-0.39, 0.29) is 5.75 Å². The summed E-state index contributed by atoms with van der Waals surface area (Å²) in [5.41, 5.74) is 8.47. The molecule has 0 aliphatic carbocycles. The van der Waals surface area contributed by atoms with Gasteiger partial charge in [-0.1, -0.05) is 6.07 Å². The number of carbonyl (C=O) groups is 1. The number of rotatable bonds is 4. The van der Waals surface area contributed by atoms with E-state index in [1.807, 2.05) is 26.8 Å². The van der Waals surface area contributed by atoms with Gasteiger partial charge in [-0.25, -0.2) is 18.7 Å². The van der Waals surface area contributed by atoms with Crippen LogP contribution in [0.4, 0.5) is 15.0 Å². The van der Waals surface area contributed by atoms with Crippen molar-refractivity contribution in [2.75, 3.05) is 32.0 Å². The molecule has 1 aliphatic heterocycles. The summed E-state index contributed by atoms with van der Waals surface area (Å²) < 4.78 is 27.1. The van der Waals surface area contributed by atoms with Gasteiger partial charge in [-0.2, -0.15) is 5.10 Å². The molecule has 1 amide bonds. The SMILES string of the molecule is CC(C)(C)NC(=O)Oc1ccc(-c2cc(CN3CCOCC3)n3ncnc(N)c23)cc1F.